The Morgan fingerprint density at radius 3 is 2.61 bits per heavy atom. The number of benzene rings is 1. The Balaban J connectivity index is 2.72. The van der Waals surface area contributed by atoms with Gasteiger partial charge in [0.05, 0.1) is 0 Å². The molecule has 0 amide bonds. The molecule has 2 rings (SSSR count). The largest absolute Gasteiger partial charge is 0.403 e. The topological polar surface area (TPSA) is 85.2 Å². The van der Waals surface area contributed by atoms with Crippen molar-refractivity contribution in [3.05, 3.63) is 48.4 Å². The van der Waals surface area contributed by atoms with Crippen LogP contribution in [-0.4, -0.2) is 10.8 Å². The molecule has 0 saturated carbocycles. The molecule has 92 valence electrons. The van der Waals surface area contributed by atoms with Crippen molar-refractivity contribution >= 4 is 22.4 Å². The number of nitrogens with zero attached hydrogens (tertiary/aromatic N) is 2. The first-order chi connectivity index (χ1) is 8.65. The van der Waals surface area contributed by atoms with Gasteiger partial charge >= 0.3 is 0 Å². The SMILES string of the molecule is CC(=O)c1cnc(N(N)/C=C\N)c2ccccc12. The number of hydrogen-bond acceptors (Lipinski definition) is 5. The number of carbonyl (C=O) groups is 1. The van der Waals surface area contributed by atoms with Crippen molar-refractivity contribution in [2.75, 3.05) is 5.01 Å². The highest BCUT2D eigenvalue weighted by Gasteiger charge is 2.11. The van der Waals surface area contributed by atoms with Crippen LogP contribution in [0.15, 0.2) is 42.9 Å². The van der Waals surface area contributed by atoms with Gasteiger partial charge in [0.15, 0.2) is 11.6 Å². The van der Waals surface area contributed by atoms with Crippen LogP contribution in [0.3, 0.4) is 0 Å². The number of hydrogen-bond donors (Lipinski definition) is 2. The molecule has 5 nitrogen and oxygen atoms in total. The van der Waals surface area contributed by atoms with Crippen molar-refractivity contribution in [3.8, 4) is 0 Å². The van der Waals surface area contributed by atoms with Gasteiger partial charge in [0.1, 0.15) is 0 Å². The second-order valence-electron chi connectivity index (χ2n) is 3.85. The third kappa shape index (κ3) is 2.03. The maximum Gasteiger partial charge on any atom is 0.161 e. The highest BCUT2D eigenvalue weighted by atomic mass is 16.1. The van der Waals surface area contributed by atoms with Crippen molar-refractivity contribution in [3.63, 3.8) is 0 Å². The number of fused-ring (bicyclic) bond motifs is 1. The average molecular weight is 242 g/mol. The van der Waals surface area contributed by atoms with E-state index in [0.29, 0.717) is 11.4 Å². The molecule has 0 radical (unpaired) electrons. The molecule has 18 heavy (non-hydrogen) atoms. The minimum Gasteiger partial charge on any atom is -0.403 e. The van der Waals surface area contributed by atoms with Gasteiger partial charge in [0.2, 0.25) is 0 Å². The Hall–Kier alpha value is -2.40. The van der Waals surface area contributed by atoms with Crippen LogP contribution in [0.4, 0.5) is 5.82 Å². The molecular formula is C13H14N4O. The maximum atomic E-state index is 11.5. The molecule has 2 aromatic rings. The molecule has 0 saturated heterocycles. The number of hydrazine groups is 1. The van der Waals surface area contributed by atoms with Gasteiger partial charge in [-0.15, -0.1) is 0 Å². The van der Waals surface area contributed by atoms with Crippen LogP contribution in [0.1, 0.15) is 17.3 Å². The summed E-state index contributed by atoms with van der Waals surface area (Å²) in [5.74, 6) is 6.35. The van der Waals surface area contributed by atoms with Crippen molar-refractivity contribution in [2.24, 2.45) is 11.6 Å². The molecule has 0 unspecified atom stereocenters. The number of Topliss-reactive ketones (excluding diaryl/α,β-unsaturated/α-hetero) is 1. The van der Waals surface area contributed by atoms with E-state index in [-0.39, 0.29) is 5.78 Å². The minimum atomic E-state index is -0.0248. The second kappa shape index (κ2) is 4.85. The summed E-state index contributed by atoms with van der Waals surface area (Å²) in [6, 6.07) is 7.49. The second-order valence-corrected chi connectivity index (χ2v) is 3.85. The molecule has 0 fully saturated rings. The van der Waals surface area contributed by atoms with Gasteiger partial charge in [0.25, 0.3) is 0 Å². The highest BCUT2D eigenvalue weighted by molar-refractivity contribution is 6.09. The summed E-state index contributed by atoms with van der Waals surface area (Å²) in [5, 5.41) is 2.97. The summed E-state index contributed by atoms with van der Waals surface area (Å²) in [6.07, 6.45) is 4.36. The maximum absolute atomic E-state index is 11.5. The normalized spacial score (nSPS) is 11.0. The zero-order valence-electron chi connectivity index (χ0n) is 10.00. The molecular weight excluding hydrogens is 228 g/mol. The van der Waals surface area contributed by atoms with Gasteiger partial charge in [-0.05, 0) is 12.3 Å². The monoisotopic (exact) mass is 242 g/mol. The van der Waals surface area contributed by atoms with Gasteiger partial charge < -0.3 is 5.73 Å². The van der Waals surface area contributed by atoms with Crippen molar-refractivity contribution in [1.82, 2.24) is 4.98 Å². The van der Waals surface area contributed by atoms with Gasteiger partial charge in [-0.2, -0.15) is 0 Å². The molecule has 5 heteroatoms. The lowest BCUT2D eigenvalue weighted by molar-refractivity contribution is 0.101. The van der Waals surface area contributed by atoms with Gasteiger partial charge in [0, 0.05) is 29.5 Å². The summed E-state index contributed by atoms with van der Waals surface area (Å²) in [4.78, 5) is 15.8. The fourth-order valence-electron chi connectivity index (χ4n) is 1.83. The van der Waals surface area contributed by atoms with E-state index in [2.05, 4.69) is 4.98 Å². The summed E-state index contributed by atoms with van der Waals surface area (Å²) in [6.45, 7) is 1.52. The number of nitrogens with two attached hydrogens (primary N) is 2. The van der Waals surface area contributed by atoms with E-state index in [0.717, 1.165) is 10.8 Å². The third-order valence-corrected chi connectivity index (χ3v) is 2.64. The molecule has 0 bridgehead atoms. The first-order valence-electron chi connectivity index (χ1n) is 5.46. The molecule has 1 aromatic heterocycles. The summed E-state index contributed by atoms with van der Waals surface area (Å²) in [5.41, 5.74) is 5.89. The first kappa shape index (κ1) is 12.1. The molecule has 0 aliphatic carbocycles. The van der Waals surface area contributed by atoms with Crippen LogP contribution in [0.25, 0.3) is 10.8 Å². The highest BCUT2D eigenvalue weighted by Crippen LogP contribution is 2.26. The Morgan fingerprint density at radius 2 is 2.00 bits per heavy atom. The third-order valence-electron chi connectivity index (χ3n) is 2.64. The van der Waals surface area contributed by atoms with Crippen LogP contribution in [0, 0.1) is 0 Å². The Morgan fingerprint density at radius 1 is 1.33 bits per heavy atom. The number of carbonyl (C=O) groups excluding carboxylic acids is 1. The van der Waals surface area contributed by atoms with E-state index in [1.165, 1.54) is 30.5 Å². The van der Waals surface area contributed by atoms with Gasteiger partial charge in [-0.25, -0.2) is 10.8 Å². The summed E-state index contributed by atoms with van der Waals surface area (Å²) < 4.78 is 0. The number of aromatic nitrogens is 1. The predicted molar refractivity (Wildman–Crippen MR) is 71.7 cm³/mol. The van der Waals surface area contributed by atoms with E-state index in [1.54, 1.807) is 0 Å². The molecule has 0 spiro atoms. The van der Waals surface area contributed by atoms with E-state index in [1.807, 2.05) is 24.3 Å². The Kier molecular flexibility index (Phi) is 3.25. The van der Waals surface area contributed by atoms with Crippen LogP contribution in [0.2, 0.25) is 0 Å². The zero-order valence-corrected chi connectivity index (χ0v) is 10.00. The lowest BCUT2D eigenvalue weighted by Crippen LogP contribution is -2.26. The molecule has 0 atom stereocenters. The predicted octanol–water partition coefficient (Wildman–Crippen LogP) is 1.55. The number of anilines is 1. The van der Waals surface area contributed by atoms with Crippen molar-refractivity contribution < 1.29 is 4.79 Å². The molecule has 1 heterocycles. The Labute approximate surface area is 105 Å². The number of rotatable bonds is 3. The van der Waals surface area contributed by atoms with Crippen LogP contribution < -0.4 is 16.6 Å². The standard InChI is InChI=1S/C13H14N4O/c1-9(18)12-8-16-13(17(15)7-6-14)11-5-3-2-4-10(11)12/h2-8H,14-15H2,1H3/b7-6-. The fraction of sp³-hybridized carbons (Fsp3) is 0.0769. The van der Waals surface area contributed by atoms with Crippen LogP contribution >= 0.6 is 0 Å². The number of ketones is 1. The average Bonchev–Trinajstić information content (AvgIpc) is 2.37. The first-order valence-corrected chi connectivity index (χ1v) is 5.46. The van der Waals surface area contributed by atoms with Crippen molar-refractivity contribution in [1.29, 1.82) is 0 Å². The Bertz CT molecular complexity index is 621. The molecule has 1 aromatic carbocycles. The molecule has 0 aliphatic rings. The van der Waals surface area contributed by atoms with Crippen LogP contribution in [0.5, 0.6) is 0 Å². The quantitative estimate of drug-likeness (QED) is 0.484. The summed E-state index contributed by atoms with van der Waals surface area (Å²) in [7, 11) is 0. The van der Waals surface area contributed by atoms with Crippen molar-refractivity contribution in [2.45, 2.75) is 6.92 Å². The lowest BCUT2D eigenvalue weighted by Gasteiger charge is -2.15. The minimum absolute atomic E-state index is 0.0248. The van der Waals surface area contributed by atoms with E-state index >= 15 is 0 Å². The molecule has 0 aliphatic heterocycles. The van der Waals surface area contributed by atoms with E-state index < -0.39 is 0 Å². The fourth-order valence-corrected chi connectivity index (χ4v) is 1.83. The van der Waals surface area contributed by atoms with E-state index in [4.69, 9.17) is 11.6 Å². The van der Waals surface area contributed by atoms with Gasteiger partial charge in [-0.1, -0.05) is 24.3 Å². The lowest BCUT2D eigenvalue weighted by atomic mass is 10.0. The number of pyridine rings is 1. The van der Waals surface area contributed by atoms with Gasteiger partial charge in [-0.3, -0.25) is 9.80 Å². The van der Waals surface area contributed by atoms with E-state index in [9.17, 15) is 4.79 Å². The molecule has 4 N–H and O–H groups in total. The zero-order chi connectivity index (χ0) is 13.1. The summed E-state index contributed by atoms with van der Waals surface area (Å²) >= 11 is 0. The van der Waals surface area contributed by atoms with Crippen LogP contribution in [-0.2, 0) is 0 Å². The smallest absolute Gasteiger partial charge is 0.161 e.